The van der Waals surface area contributed by atoms with Gasteiger partial charge in [0.05, 0.1) is 18.8 Å². The molecule has 27 heavy (non-hydrogen) atoms. The van der Waals surface area contributed by atoms with Crippen molar-refractivity contribution in [2.24, 2.45) is 0 Å². The van der Waals surface area contributed by atoms with Crippen molar-refractivity contribution >= 4 is 11.8 Å². The van der Waals surface area contributed by atoms with E-state index in [-0.39, 0.29) is 23.6 Å². The lowest BCUT2D eigenvalue weighted by atomic mass is 9.79. The zero-order valence-electron chi connectivity index (χ0n) is 16.1. The van der Waals surface area contributed by atoms with Crippen LogP contribution in [0.5, 0.6) is 5.75 Å². The fourth-order valence-electron chi connectivity index (χ4n) is 4.26. The minimum absolute atomic E-state index is 0.0504. The van der Waals surface area contributed by atoms with Crippen molar-refractivity contribution in [3.8, 4) is 5.75 Å². The van der Waals surface area contributed by atoms with Crippen LogP contribution in [0.4, 0.5) is 4.39 Å². The molecule has 2 aliphatic rings. The molecule has 2 atom stereocenters. The third-order valence-electron chi connectivity index (χ3n) is 5.60. The van der Waals surface area contributed by atoms with Gasteiger partial charge in [0.25, 0.3) is 0 Å². The van der Waals surface area contributed by atoms with Crippen molar-refractivity contribution in [3.05, 3.63) is 29.6 Å². The molecular formula is C20H27FN2O4. The van der Waals surface area contributed by atoms with Crippen molar-refractivity contribution in [1.82, 2.24) is 10.2 Å². The zero-order valence-corrected chi connectivity index (χ0v) is 16.1. The van der Waals surface area contributed by atoms with E-state index in [2.05, 4.69) is 5.32 Å². The lowest BCUT2D eigenvalue weighted by molar-refractivity contribution is -0.169. The van der Waals surface area contributed by atoms with E-state index in [0.29, 0.717) is 44.3 Å². The Labute approximate surface area is 159 Å². The van der Waals surface area contributed by atoms with Crippen LogP contribution in [0.15, 0.2) is 18.2 Å². The molecule has 1 N–H and O–H groups in total. The van der Waals surface area contributed by atoms with Gasteiger partial charge in [-0.25, -0.2) is 4.39 Å². The first kappa shape index (κ1) is 19.6. The number of ether oxygens (including phenoxy) is 2. The summed E-state index contributed by atoms with van der Waals surface area (Å²) in [5.41, 5.74) is -0.0323. The van der Waals surface area contributed by atoms with Crippen LogP contribution in [0.3, 0.4) is 0 Å². The Morgan fingerprint density at radius 1 is 1.30 bits per heavy atom. The number of methoxy groups -OCH3 is 1. The van der Waals surface area contributed by atoms with Crippen LogP contribution in [-0.4, -0.2) is 48.6 Å². The molecule has 3 rings (SSSR count). The molecule has 0 saturated carbocycles. The average molecular weight is 378 g/mol. The summed E-state index contributed by atoms with van der Waals surface area (Å²) >= 11 is 0. The number of likely N-dealkylation sites (tertiary alicyclic amines) is 1. The number of halogens is 1. The Bertz CT molecular complexity index is 716. The van der Waals surface area contributed by atoms with Crippen LogP contribution in [-0.2, 0) is 14.3 Å². The van der Waals surface area contributed by atoms with Crippen molar-refractivity contribution in [1.29, 1.82) is 0 Å². The van der Waals surface area contributed by atoms with Gasteiger partial charge in [0.2, 0.25) is 11.8 Å². The maximum absolute atomic E-state index is 14.8. The lowest BCUT2D eigenvalue weighted by Crippen LogP contribution is -2.54. The Balaban J connectivity index is 1.86. The van der Waals surface area contributed by atoms with E-state index >= 15 is 0 Å². The number of carbonyl (C=O) groups excluding carboxylic acids is 2. The van der Waals surface area contributed by atoms with Crippen molar-refractivity contribution in [2.45, 2.75) is 57.3 Å². The average Bonchev–Trinajstić information content (AvgIpc) is 2.61. The highest BCUT2D eigenvalue weighted by molar-refractivity contribution is 5.73. The highest BCUT2D eigenvalue weighted by atomic mass is 19.1. The normalized spacial score (nSPS) is 24.5. The number of nitrogens with one attached hydrogen (secondary N) is 1. The monoisotopic (exact) mass is 378 g/mol. The largest absolute Gasteiger partial charge is 0.494 e. The van der Waals surface area contributed by atoms with Gasteiger partial charge in [0, 0.05) is 38.5 Å². The van der Waals surface area contributed by atoms with Gasteiger partial charge >= 0.3 is 0 Å². The van der Waals surface area contributed by atoms with E-state index in [1.54, 1.807) is 30.0 Å². The third kappa shape index (κ3) is 4.24. The standard InChI is InChI=1S/C20H27FN2O4/c1-13(24)22-15-11-18(16-5-4-6-17(26-3)19(16)21)27-20(12-15)7-9-23(10-8-20)14(2)25/h4-6,15,18H,7-12H2,1-3H3,(H,22,24)/t15-,18-/m1/s1. The molecule has 2 heterocycles. The minimum atomic E-state index is -0.477. The molecule has 6 nitrogen and oxygen atoms in total. The molecule has 2 saturated heterocycles. The van der Waals surface area contributed by atoms with Gasteiger partial charge in [-0.2, -0.15) is 0 Å². The van der Waals surface area contributed by atoms with E-state index < -0.39 is 17.5 Å². The number of hydrogen-bond donors (Lipinski definition) is 1. The molecule has 148 valence electrons. The number of carbonyl (C=O) groups is 2. The summed E-state index contributed by atoms with van der Waals surface area (Å²) < 4.78 is 26.4. The topological polar surface area (TPSA) is 67.9 Å². The quantitative estimate of drug-likeness (QED) is 0.878. The Kier molecular flexibility index (Phi) is 5.69. The number of benzene rings is 1. The first-order valence-corrected chi connectivity index (χ1v) is 9.36. The highest BCUT2D eigenvalue weighted by Crippen LogP contribution is 2.44. The summed E-state index contributed by atoms with van der Waals surface area (Å²) in [6, 6.07) is 4.93. The van der Waals surface area contributed by atoms with Crippen molar-refractivity contribution in [3.63, 3.8) is 0 Å². The fourth-order valence-corrected chi connectivity index (χ4v) is 4.26. The summed E-state index contributed by atoms with van der Waals surface area (Å²) in [5, 5.41) is 2.98. The molecule has 1 spiro atoms. The summed E-state index contributed by atoms with van der Waals surface area (Å²) in [5.74, 6) is -0.305. The second-order valence-corrected chi connectivity index (χ2v) is 7.50. The summed E-state index contributed by atoms with van der Waals surface area (Å²) in [6.07, 6.45) is 2.03. The maximum Gasteiger partial charge on any atom is 0.219 e. The van der Waals surface area contributed by atoms with Crippen LogP contribution < -0.4 is 10.1 Å². The molecule has 0 radical (unpaired) electrons. The van der Waals surface area contributed by atoms with Gasteiger partial charge in [-0.1, -0.05) is 12.1 Å². The highest BCUT2D eigenvalue weighted by Gasteiger charge is 2.45. The van der Waals surface area contributed by atoms with Crippen molar-refractivity contribution in [2.75, 3.05) is 20.2 Å². The summed E-state index contributed by atoms with van der Waals surface area (Å²) in [4.78, 5) is 25.1. The molecule has 0 aromatic heterocycles. The van der Waals surface area contributed by atoms with Gasteiger partial charge in [0.15, 0.2) is 11.6 Å². The van der Waals surface area contributed by atoms with Gasteiger partial charge < -0.3 is 19.7 Å². The Morgan fingerprint density at radius 3 is 2.59 bits per heavy atom. The van der Waals surface area contributed by atoms with E-state index in [1.807, 2.05) is 0 Å². The number of rotatable bonds is 3. The Morgan fingerprint density at radius 2 is 2.00 bits per heavy atom. The first-order valence-electron chi connectivity index (χ1n) is 9.36. The van der Waals surface area contributed by atoms with E-state index in [1.165, 1.54) is 14.0 Å². The van der Waals surface area contributed by atoms with E-state index in [9.17, 15) is 14.0 Å². The number of nitrogens with zero attached hydrogens (tertiary/aromatic N) is 1. The molecule has 2 aliphatic heterocycles. The van der Waals surface area contributed by atoms with Gasteiger partial charge in [-0.15, -0.1) is 0 Å². The third-order valence-corrected chi connectivity index (χ3v) is 5.60. The van der Waals surface area contributed by atoms with Gasteiger partial charge in [-0.3, -0.25) is 9.59 Å². The lowest BCUT2D eigenvalue weighted by Gasteiger charge is -2.49. The predicted octanol–water partition coefficient (Wildman–Crippen LogP) is 2.57. The second-order valence-electron chi connectivity index (χ2n) is 7.50. The second kappa shape index (κ2) is 7.84. The minimum Gasteiger partial charge on any atom is -0.494 e. The van der Waals surface area contributed by atoms with E-state index in [4.69, 9.17) is 9.47 Å². The molecular weight excluding hydrogens is 351 g/mol. The number of amides is 2. The summed E-state index contributed by atoms with van der Waals surface area (Å²) in [6.45, 7) is 4.26. The van der Waals surface area contributed by atoms with Gasteiger partial charge in [0.1, 0.15) is 0 Å². The SMILES string of the molecule is COc1cccc([C@H]2C[C@@H](NC(C)=O)CC3(CCN(C(C)=O)CC3)O2)c1F. The maximum atomic E-state index is 14.8. The van der Waals surface area contributed by atoms with Crippen LogP contribution >= 0.6 is 0 Å². The first-order chi connectivity index (χ1) is 12.8. The molecule has 1 aromatic rings. The number of piperidine rings is 1. The molecule has 7 heteroatoms. The smallest absolute Gasteiger partial charge is 0.219 e. The van der Waals surface area contributed by atoms with E-state index in [0.717, 1.165) is 0 Å². The number of hydrogen-bond acceptors (Lipinski definition) is 4. The molecule has 1 aromatic carbocycles. The van der Waals surface area contributed by atoms with Gasteiger partial charge in [-0.05, 0) is 31.7 Å². The summed E-state index contributed by atoms with van der Waals surface area (Å²) in [7, 11) is 1.43. The fraction of sp³-hybridized carbons (Fsp3) is 0.600. The van der Waals surface area contributed by atoms with Crippen LogP contribution in [0, 0.1) is 5.82 Å². The van der Waals surface area contributed by atoms with Crippen molar-refractivity contribution < 1.29 is 23.5 Å². The molecule has 0 bridgehead atoms. The zero-order chi connectivity index (χ0) is 19.6. The molecule has 0 aliphatic carbocycles. The Hall–Kier alpha value is -2.15. The van der Waals surface area contributed by atoms with Crippen LogP contribution in [0.25, 0.3) is 0 Å². The van der Waals surface area contributed by atoms with Crippen LogP contribution in [0.2, 0.25) is 0 Å². The molecule has 0 unspecified atom stereocenters. The molecule has 2 fully saturated rings. The van der Waals surface area contributed by atoms with Crippen LogP contribution in [0.1, 0.15) is 51.2 Å². The molecule has 2 amide bonds. The predicted molar refractivity (Wildman–Crippen MR) is 97.8 cm³/mol.